The lowest BCUT2D eigenvalue weighted by atomic mass is 10.1. The third-order valence-electron chi connectivity index (χ3n) is 5.05. The molecule has 1 saturated heterocycles. The number of nitrogens with zero attached hydrogens (tertiary/aromatic N) is 4. The standard InChI is InChI=1S/C20H29N5O6/c1-2-3-7-14(27)30-9-6-4-5-8-21-18-15-19(23-11-22-18)25(12-24-15)20-17(29)16(28)13(10-26)31-20/h2-3,11-13,16-17,20,26,28-29H,4-10H2,1H3,(H,21,22,23)/b3-2+/t13-,16-,17-,20-/m1/s1. The third kappa shape index (κ3) is 5.56. The van der Waals surface area contributed by atoms with Gasteiger partial charge in [-0.15, -0.1) is 0 Å². The number of allylic oxidation sites excluding steroid dienone is 1. The molecule has 0 aliphatic carbocycles. The van der Waals surface area contributed by atoms with Gasteiger partial charge in [-0.25, -0.2) is 15.0 Å². The molecule has 0 saturated carbocycles. The second-order valence-corrected chi connectivity index (χ2v) is 7.26. The number of rotatable bonds is 11. The number of aromatic nitrogens is 4. The van der Waals surface area contributed by atoms with Crippen molar-refractivity contribution in [2.45, 2.75) is 57.1 Å². The van der Waals surface area contributed by atoms with Gasteiger partial charge in [-0.3, -0.25) is 9.36 Å². The zero-order valence-electron chi connectivity index (χ0n) is 17.4. The van der Waals surface area contributed by atoms with Crippen LogP contribution < -0.4 is 5.32 Å². The van der Waals surface area contributed by atoms with Crippen LogP contribution in [0.4, 0.5) is 5.82 Å². The molecule has 11 heteroatoms. The van der Waals surface area contributed by atoms with Crippen molar-refractivity contribution in [3.05, 3.63) is 24.8 Å². The molecular weight excluding hydrogens is 406 g/mol. The van der Waals surface area contributed by atoms with Gasteiger partial charge in [0.1, 0.15) is 24.6 Å². The SMILES string of the molecule is C/C=C/CC(=O)OCCCCCNc1ncnc2c1ncn2[C@@H]1O[C@H](CO)[C@@H](O)[C@H]1O. The maximum Gasteiger partial charge on any atom is 0.309 e. The summed E-state index contributed by atoms with van der Waals surface area (Å²) in [6.45, 7) is 2.51. The van der Waals surface area contributed by atoms with Gasteiger partial charge in [-0.1, -0.05) is 12.2 Å². The Morgan fingerprint density at radius 1 is 1.26 bits per heavy atom. The summed E-state index contributed by atoms with van der Waals surface area (Å²) in [6.07, 6.45) is 5.06. The maximum atomic E-state index is 11.4. The molecule has 0 bridgehead atoms. The van der Waals surface area contributed by atoms with Crippen molar-refractivity contribution in [1.82, 2.24) is 19.5 Å². The van der Waals surface area contributed by atoms with E-state index in [0.29, 0.717) is 36.6 Å². The fourth-order valence-electron chi connectivity index (χ4n) is 3.35. The average molecular weight is 435 g/mol. The molecule has 31 heavy (non-hydrogen) atoms. The van der Waals surface area contributed by atoms with E-state index in [1.807, 2.05) is 13.0 Å². The van der Waals surface area contributed by atoms with Crippen LogP contribution >= 0.6 is 0 Å². The van der Waals surface area contributed by atoms with E-state index >= 15 is 0 Å². The number of carbonyl (C=O) groups is 1. The van der Waals surface area contributed by atoms with Crippen LogP contribution in [-0.4, -0.2) is 78.9 Å². The number of esters is 1. The molecule has 0 aromatic carbocycles. The second-order valence-electron chi connectivity index (χ2n) is 7.26. The minimum absolute atomic E-state index is 0.218. The van der Waals surface area contributed by atoms with Crippen molar-refractivity contribution in [1.29, 1.82) is 0 Å². The van der Waals surface area contributed by atoms with Gasteiger partial charge in [0.2, 0.25) is 0 Å². The van der Waals surface area contributed by atoms with Crippen LogP contribution in [0.1, 0.15) is 38.8 Å². The van der Waals surface area contributed by atoms with Crippen LogP contribution in [-0.2, 0) is 14.3 Å². The molecular formula is C20H29N5O6. The average Bonchev–Trinajstić information content (AvgIpc) is 3.33. The number of fused-ring (bicyclic) bond motifs is 1. The topological polar surface area (TPSA) is 152 Å². The van der Waals surface area contributed by atoms with Crippen molar-refractivity contribution < 1.29 is 29.6 Å². The first kappa shape index (κ1) is 23.1. The van der Waals surface area contributed by atoms with Crippen molar-refractivity contribution in [2.24, 2.45) is 0 Å². The zero-order chi connectivity index (χ0) is 22.2. The molecule has 170 valence electrons. The molecule has 4 N–H and O–H groups in total. The quantitative estimate of drug-likeness (QED) is 0.223. The summed E-state index contributed by atoms with van der Waals surface area (Å²) in [5, 5.41) is 32.7. The Kier molecular flexibility index (Phi) is 8.29. The monoisotopic (exact) mass is 435 g/mol. The maximum absolute atomic E-state index is 11.4. The Hall–Kier alpha value is -2.60. The molecule has 1 aliphatic heterocycles. The first-order valence-corrected chi connectivity index (χ1v) is 10.4. The largest absolute Gasteiger partial charge is 0.465 e. The summed E-state index contributed by atoms with van der Waals surface area (Å²) in [6, 6.07) is 0. The minimum atomic E-state index is -1.21. The summed E-state index contributed by atoms with van der Waals surface area (Å²) in [4.78, 5) is 24.2. The van der Waals surface area contributed by atoms with Crippen LogP contribution in [0.2, 0.25) is 0 Å². The normalized spacial score (nSPS) is 23.6. The number of imidazole rings is 1. The van der Waals surface area contributed by atoms with Crippen LogP contribution in [0.3, 0.4) is 0 Å². The number of hydrogen-bond acceptors (Lipinski definition) is 10. The van der Waals surface area contributed by atoms with E-state index < -0.39 is 31.1 Å². The highest BCUT2D eigenvalue weighted by atomic mass is 16.6. The molecule has 0 unspecified atom stereocenters. The first-order chi connectivity index (χ1) is 15.1. The number of hydrogen-bond donors (Lipinski definition) is 4. The van der Waals surface area contributed by atoms with Crippen molar-refractivity contribution in [2.75, 3.05) is 25.1 Å². The number of unbranched alkanes of at least 4 members (excludes halogenated alkanes) is 2. The Bertz CT molecular complexity index is 888. The highest BCUT2D eigenvalue weighted by Gasteiger charge is 2.44. The molecule has 2 aromatic rings. The molecule has 3 heterocycles. The summed E-state index contributed by atoms with van der Waals surface area (Å²) >= 11 is 0. The van der Waals surface area contributed by atoms with Gasteiger partial charge in [-0.05, 0) is 26.2 Å². The third-order valence-corrected chi connectivity index (χ3v) is 5.05. The fourth-order valence-corrected chi connectivity index (χ4v) is 3.35. The number of nitrogens with one attached hydrogen (secondary N) is 1. The van der Waals surface area contributed by atoms with E-state index in [4.69, 9.17) is 9.47 Å². The molecule has 2 aromatic heterocycles. The van der Waals surface area contributed by atoms with Crippen LogP contribution in [0.5, 0.6) is 0 Å². The van der Waals surface area contributed by atoms with Crippen LogP contribution in [0.25, 0.3) is 11.2 Å². The first-order valence-electron chi connectivity index (χ1n) is 10.4. The van der Waals surface area contributed by atoms with E-state index in [0.717, 1.165) is 19.3 Å². The highest BCUT2D eigenvalue weighted by molar-refractivity contribution is 5.82. The van der Waals surface area contributed by atoms with Crippen molar-refractivity contribution in [3.63, 3.8) is 0 Å². The van der Waals surface area contributed by atoms with Gasteiger partial charge in [-0.2, -0.15) is 0 Å². The number of aliphatic hydroxyl groups is 3. The van der Waals surface area contributed by atoms with E-state index in [1.165, 1.54) is 17.2 Å². The van der Waals surface area contributed by atoms with Crippen molar-refractivity contribution >= 4 is 23.0 Å². The summed E-state index contributed by atoms with van der Waals surface area (Å²) in [7, 11) is 0. The predicted molar refractivity (Wildman–Crippen MR) is 111 cm³/mol. The molecule has 0 radical (unpaired) electrons. The second kappa shape index (κ2) is 11.1. The van der Waals surface area contributed by atoms with Gasteiger partial charge in [0.05, 0.1) is 26.0 Å². The lowest BCUT2D eigenvalue weighted by Crippen LogP contribution is -2.33. The van der Waals surface area contributed by atoms with Gasteiger partial charge in [0.15, 0.2) is 23.2 Å². The van der Waals surface area contributed by atoms with Crippen LogP contribution in [0.15, 0.2) is 24.8 Å². The van der Waals surface area contributed by atoms with Gasteiger partial charge < -0.3 is 30.1 Å². The van der Waals surface area contributed by atoms with Crippen LogP contribution in [0, 0.1) is 0 Å². The predicted octanol–water partition coefficient (Wildman–Crippen LogP) is 0.529. The number of anilines is 1. The number of carbonyl (C=O) groups excluding carboxylic acids is 1. The van der Waals surface area contributed by atoms with E-state index in [-0.39, 0.29) is 5.97 Å². The van der Waals surface area contributed by atoms with E-state index in [1.54, 1.807) is 6.08 Å². The lowest BCUT2D eigenvalue weighted by molar-refractivity contribution is -0.142. The fraction of sp³-hybridized carbons (Fsp3) is 0.600. The zero-order valence-corrected chi connectivity index (χ0v) is 17.4. The molecule has 3 rings (SSSR count). The smallest absolute Gasteiger partial charge is 0.309 e. The summed E-state index contributed by atoms with van der Waals surface area (Å²) in [5.41, 5.74) is 0.957. The highest BCUT2D eigenvalue weighted by Crippen LogP contribution is 2.32. The van der Waals surface area contributed by atoms with Gasteiger partial charge in [0, 0.05) is 6.54 Å². The van der Waals surface area contributed by atoms with Gasteiger partial charge in [0.25, 0.3) is 0 Å². The van der Waals surface area contributed by atoms with E-state index in [2.05, 4.69) is 20.3 Å². The minimum Gasteiger partial charge on any atom is -0.465 e. The van der Waals surface area contributed by atoms with E-state index in [9.17, 15) is 20.1 Å². The Morgan fingerprint density at radius 3 is 2.84 bits per heavy atom. The molecule has 0 amide bonds. The lowest BCUT2D eigenvalue weighted by Gasteiger charge is -2.16. The number of ether oxygens (including phenoxy) is 2. The summed E-state index contributed by atoms with van der Waals surface area (Å²) < 4.78 is 12.2. The Morgan fingerprint density at radius 2 is 2.10 bits per heavy atom. The number of aliphatic hydroxyl groups excluding tert-OH is 3. The van der Waals surface area contributed by atoms with Gasteiger partial charge >= 0.3 is 5.97 Å². The molecule has 4 atom stereocenters. The Balaban J connectivity index is 1.50. The Labute approximate surface area is 179 Å². The molecule has 0 spiro atoms. The summed E-state index contributed by atoms with van der Waals surface area (Å²) in [5.74, 6) is 0.331. The molecule has 1 fully saturated rings. The van der Waals surface area contributed by atoms with Crippen molar-refractivity contribution in [3.8, 4) is 0 Å². The molecule has 1 aliphatic rings. The molecule has 11 nitrogen and oxygen atoms in total.